The average Bonchev–Trinajstić information content (AvgIpc) is 2.22. The largest absolute Gasteiger partial charge is 0.388 e. The Labute approximate surface area is 106 Å². The number of hydrogen-bond acceptors (Lipinski definition) is 2. The lowest BCUT2D eigenvalue weighted by Gasteiger charge is -2.17. The van der Waals surface area contributed by atoms with Gasteiger partial charge in [0, 0.05) is 19.5 Å². The Kier molecular flexibility index (Phi) is 5.06. The summed E-state index contributed by atoms with van der Waals surface area (Å²) in [6, 6.07) is 5.59. The first-order chi connectivity index (χ1) is 7.50. The highest BCUT2D eigenvalue weighted by molar-refractivity contribution is 6.42. The zero-order valence-electron chi connectivity index (χ0n) is 9.13. The van der Waals surface area contributed by atoms with Crippen molar-refractivity contribution in [2.75, 3.05) is 13.6 Å². The molecule has 1 rings (SSSR count). The van der Waals surface area contributed by atoms with Crippen molar-refractivity contribution in [1.82, 2.24) is 4.90 Å². The average molecular weight is 260 g/mol. The molecule has 0 aliphatic carbocycles. The fraction of sp³-hybridized carbons (Fsp3) is 0.364. The van der Waals surface area contributed by atoms with Crippen molar-refractivity contribution in [3.05, 3.63) is 33.8 Å². The van der Waals surface area contributed by atoms with E-state index >= 15 is 0 Å². The quantitative estimate of drug-likeness (QED) is 0.631. The van der Waals surface area contributed by atoms with Crippen molar-refractivity contribution >= 4 is 29.0 Å². The first kappa shape index (κ1) is 13.3. The number of nitrogens with two attached hydrogens (primary N) is 1. The van der Waals surface area contributed by atoms with E-state index in [2.05, 4.69) is 4.90 Å². The van der Waals surface area contributed by atoms with Gasteiger partial charge in [-0.3, -0.25) is 5.41 Å². The third kappa shape index (κ3) is 4.00. The molecule has 0 unspecified atom stereocenters. The van der Waals surface area contributed by atoms with Crippen LogP contribution in [0.4, 0.5) is 0 Å². The van der Waals surface area contributed by atoms with Crippen LogP contribution >= 0.6 is 23.2 Å². The van der Waals surface area contributed by atoms with Crippen molar-refractivity contribution in [2.45, 2.75) is 13.0 Å². The minimum atomic E-state index is 0.198. The van der Waals surface area contributed by atoms with Crippen LogP contribution in [-0.2, 0) is 6.54 Å². The van der Waals surface area contributed by atoms with E-state index in [9.17, 15) is 0 Å². The molecule has 5 heteroatoms. The Morgan fingerprint density at radius 1 is 1.44 bits per heavy atom. The Morgan fingerprint density at radius 2 is 2.12 bits per heavy atom. The topological polar surface area (TPSA) is 53.1 Å². The van der Waals surface area contributed by atoms with Gasteiger partial charge in [-0.2, -0.15) is 0 Å². The van der Waals surface area contributed by atoms with Crippen molar-refractivity contribution < 1.29 is 0 Å². The summed E-state index contributed by atoms with van der Waals surface area (Å²) in [5.41, 5.74) is 6.28. The number of rotatable bonds is 5. The van der Waals surface area contributed by atoms with Crippen LogP contribution in [0.5, 0.6) is 0 Å². The van der Waals surface area contributed by atoms with Crippen LogP contribution in [0.3, 0.4) is 0 Å². The molecule has 3 nitrogen and oxygen atoms in total. The summed E-state index contributed by atoms with van der Waals surface area (Å²) >= 11 is 12.0. The first-order valence-corrected chi connectivity index (χ1v) is 5.70. The van der Waals surface area contributed by atoms with Gasteiger partial charge in [-0.25, -0.2) is 0 Å². The molecule has 0 aliphatic rings. The Hall–Kier alpha value is -0.770. The van der Waals surface area contributed by atoms with E-state index in [0.717, 1.165) is 12.1 Å². The van der Waals surface area contributed by atoms with Gasteiger partial charge in [-0.15, -0.1) is 0 Å². The lowest BCUT2D eigenvalue weighted by molar-refractivity contribution is 0.336. The fourth-order valence-electron chi connectivity index (χ4n) is 1.35. The molecule has 0 fully saturated rings. The van der Waals surface area contributed by atoms with E-state index in [1.54, 1.807) is 6.07 Å². The van der Waals surface area contributed by atoms with Gasteiger partial charge in [0.2, 0.25) is 0 Å². The van der Waals surface area contributed by atoms with Gasteiger partial charge in [0.25, 0.3) is 0 Å². The molecule has 3 N–H and O–H groups in total. The molecule has 1 aromatic rings. The van der Waals surface area contributed by atoms with Gasteiger partial charge in [0.05, 0.1) is 15.9 Å². The molecule has 0 amide bonds. The summed E-state index contributed by atoms with van der Waals surface area (Å²) in [5, 5.41) is 8.31. The SMILES string of the molecule is CN(CCC(=N)N)Cc1cccc(Cl)c1Cl. The molecular formula is C11H15Cl2N3. The summed E-state index contributed by atoms with van der Waals surface area (Å²) in [7, 11) is 1.96. The predicted molar refractivity (Wildman–Crippen MR) is 69.3 cm³/mol. The summed E-state index contributed by atoms with van der Waals surface area (Å²) in [5.74, 6) is 0.198. The van der Waals surface area contributed by atoms with Gasteiger partial charge in [0.15, 0.2) is 0 Å². The lowest BCUT2D eigenvalue weighted by atomic mass is 10.2. The maximum Gasteiger partial charge on any atom is 0.0918 e. The smallest absolute Gasteiger partial charge is 0.0918 e. The number of halogens is 2. The highest BCUT2D eigenvalue weighted by Gasteiger charge is 2.07. The van der Waals surface area contributed by atoms with Crippen LogP contribution in [-0.4, -0.2) is 24.3 Å². The molecule has 0 aliphatic heterocycles. The molecular weight excluding hydrogens is 245 g/mol. The number of nitrogens with zero attached hydrogens (tertiary/aromatic N) is 1. The fourth-order valence-corrected chi connectivity index (χ4v) is 1.73. The molecule has 0 heterocycles. The van der Waals surface area contributed by atoms with E-state index in [-0.39, 0.29) is 5.84 Å². The summed E-state index contributed by atoms with van der Waals surface area (Å²) < 4.78 is 0. The van der Waals surface area contributed by atoms with Crippen LogP contribution < -0.4 is 5.73 Å². The highest BCUT2D eigenvalue weighted by atomic mass is 35.5. The minimum Gasteiger partial charge on any atom is -0.388 e. The Bertz CT molecular complexity index is 379. The Morgan fingerprint density at radius 3 is 2.75 bits per heavy atom. The van der Waals surface area contributed by atoms with Gasteiger partial charge in [-0.05, 0) is 18.7 Å². The molecule has 1 aromatic carbocycles. The highest BCUT2D eigenvalue weighted by Crippen LogP contribution is 2.26. The van der Waals surface area contributed by atoms with E-state index < -0.39 is 0 Å². The van der Waals surface area contributed by atoms with E-state index in [4.69, 9.17) is 34.3 Å². The molecule has 0 radical (unpaired) electrons. The molecule has 0 bridgehead atoms. The van der Waals surface area contributed by atoms with Crippen LogP contribution in [0.2, 0.25) is 10.0 Å². The van der Waals surface area contributed by atoms with Crippen LogP contribution in [0, 0.1) is 5.41 Å². The maximum atomic E-state index is 7.15. The zero-order valence-corrected chi connectivity index (χ0v) is 10.6. The zero-order chi connectivity index (χ0) is 12.1. The summed E-state index contributed by atoms with van der Waals surface area (Å²) in [6.45, 7) is 1.44. The van der Waals surface area contributed by atoms with E-state index in [1.807, 2.05) is 19.2 Å². The number of nitrogens with one attached hydrogen (secondary N) is 1. The third-order valence-electron chi connectivity index (χ3n) is 2.23. The second-order valence-corrected chi connectivity index (χ2v) is 4.51. The normalized spacial score (nSPS) is 10.8. The van der Waals surface area contributed by atoms with Crippen molar-refractivity contribution in [2.24, 2.45) is 5.73 Å². The van der Waals surface area contributed by atoms with Crippen molar-refractivity contribution in [3.63, 3.8) is 0 Å². The molecule has 88 valence electrons. The number of amidine groups is 1. The summed E-state index contributed by atoms with van der Waals surface area (Å²) in [6.07, 6.45) is 0.564. The van der Waals surface area contributed by atoms with Crippen molar-refractivity contribution in [1.29, 1.82) is 5.41 Å². The molecule has 0 saturated heterocycles. The molecule has 16 heavy (non-hydrogen) atoms. The maximum absolute atomic E-state index is 7.15. The van der Waals surface area contributed by atoms with Crippen LogP contribution in [0.1, 0.15) is 12.0 Å². The molecule has 0 atom stereocenters. The summed E-state index contributed by atoms with van der Waals surface area (Å²) in [4.78, 5) is 2.05. The van der Waals surface area contributed by atoms with Gasteiger partial charge in [0.1, 0.15) is 0 Å². The second kappa shape index (κ2) is 6.09. The minimum absolute atomic E-state index is 0.198. The van der Waals surface area contributed by atoms with Crippen molar-refractivity contribution in [3.8, 4) is 0 Å². The number of hydrogen-bond donors (Lipinski definition) is 2. The van der Waals surface area contributed by atoms with E-state index in [0.29, 0.717) is 23.0 Å². The molecule has 0 spiro atoms. The monoisotopic (exact) mass is 259 g/mol. The predicted octanol–water partition coefficient (Wildman–Crippen LogP) is 2.75. The third-order valence-corrected chi connectivity index (χ3v) is 3.09. The van der Waals surface area contributed by atoms with Gasteiger partial charge >= 0.3 is 0 Å². The lowest BCUT2D eigenvalue weighted by Crippen LogP contribution is -2.24. The van der Waals surface area contributed by atoms with Crippen LogP contribution in [0.25, 0.3) is 0 Å². The second-order valence-electron chi connectivity index (χ2n) is 3.73. The molecule has 0 saturated carbocycles. The first-order valence-electron chi connectivity index (χ1n) is 4.95. The standard InChI is InChI=1S/C11H15Cl2N3/c1-16(6-5-10(14)15)7-8-3-2-4-9(12)11(8)13/h2-4H,5-7H2,1H3,(H3,14,15). The Balaban J connectivity index is 2.59. The number of benzene rings is 1. The molecule has 0 aromatic heterocycles. The van der Waals surface area contributed by atoms with Gasteiger partial charge in [-0.1, -0.05) is 35.3 Å². The van der Waals surface area contributed by atoms with Gasteiger partial charge < -0.3 is 10.6 Å². The van der Waals surface area contributed by atoms with Crippen LogP contribution in [0.15, 0.2) is 18.2 Å². The van der Waals surface area contributed by atoms with E-state index in [1.165, 1.54) is 0 Å².